The summed E-state index contributed by atoms with van der Waals surface area (Å²) in [6, 6.07) is 23.9. The largest absolute Gasteiger partial charge is 0.507 e. The fourth-order valence-electron chi connectivity index (χ4n) is 6.93. The first-order valence-corrected chi connectivity index (χ1v) is 23.0. The molecular weight excluding hydrogens is 849 g/mol. The zero-order valence-electron chi connectivity index (χ0n) is 30.2. The Morgan fingerprint density at radius 1 is 0.373 bits per heavy atom. The zero-order valence-corrected chi connectivity index (χ0v) is 33.5. The first-order valence-electron chi connectivity index (χ1n) is 17.3. The average molecular weight is 881 g/mol. The summed E-state index contributed by atoms with van der Waals surface area (Å²) < 4.78 is 140. The van der Waals surface area contributed by atoms with Gasteiger partial charge in [-0.15, -0.1) is 0 Å². The van der Waals surface area contributed by atoms with Gasteiger partial charge < -0.3 is 19.5 Å². The van der Waals surface area contributed by atoms with E-state index in [9.17, 15) is 62.6 Å². The molecule has 0 fully saturated rings. The summed E-state index contributed by atoms with van der Waals surface area (Å²) in [5, 5.41) is 35.0. The topological polar surface area (TPSA) is 267 Å². The second-order valence-electron chi connectivity index (χ2n) is 13.7. The summed E-state index contributed by atoms with van der Waals surface area (Å²) in [7, 11) is -19.7. The molecule has 0 atom stereocenters. The highest BCUT2D eigenvalue weighted by molar-refractivity contribution is 7.87. The Morgan fingerprint density at radius 2 is 0.678 bits per heavy atom. The van der Waals surface area contributed by atoms with Crippen LogP contribution in [0.3, 0.4) is 0 Å². The molecule has 19 heteroatoms. The Kier molecular flexibility index (Phi) is 10.6. The smallest absolute Gasteiger partial charge is 0.339 e. The van der Waals surface area contributed by atoms with Gasteiger partial charge in [0.25, 0.3) is 30.4 Å². The third-order valence-electron chi connectivity index (χ3n) is 9.72. The molecule has 6 aromatic rings. The quantitative estimate of drug-likeness (QED) is 0.0834. The Labute approximate surface area is 338 Å². The lowest BCUT2D eigenvalue weighted by Crippen LogP contribution is -2.14. The van der Waals surface area contributed by atoms with E-state index in [1.54, 1.807) is 36.4 Å². The normalized spacial score (nSPS) is 13.5. The van der Waals surface area contributed by atoms with Crippen molar-refractivity contribution in [2.75, 3.05) is 0 Å². The van der Waals surface area contributed by atoms with Crippen LogP contribution in [0.5, 0.6) is 23.0 Å². The molecule has 0 spiro atoms. The summed E-state index contributed by atoms with van der Waals surface area (Å²) >= 11 is 0. The SMILES string of the molecule is O=S(=O)(O)c1cc2c(O)c(c1)Cc1cc(S(=O)(=O)O)cc(c1O)Cc1cc(-c3ccccc3)cc(c1OS(=O)(=O)c1ccccc1)Cc1cc(S(=O)(=O)O)cc(c1O)C2. The number of hydrogen-bond donors (Lipinski definition) is 6. The fourth-order valence-corrected chi connectivity index (χ4v) is 9.69. The summed E-state index contributed by atoms with van der Waals surface area (Å²) in [5.74, 6) is -2.24. The maximum absolute atomic E-state index is 13.9. The van der Waals surface area contributed by atoms with Crippen LogP contribution < -0.4 is 4.18 Å². The highest BCUT2D eigenvalue weighted by Gasteiger charge is 2.28. The van der Waals surface area contributed by atoms with E-state index in [1.165, 1.54) is 36.4 Å². The molecule has 0 aromatic heterocycles. The van der Waals surface area contributed by atoms with Crippen LogP contribution in [0.1, 0.15) is 44.5 Å². The van der Waals surface area contributed by atoms with Gasteiger partial charge in [-0.1, -0.05) is 48.5 Å². The van der Waals surface area contributed by atoms with Crippen LogP contribution in [0, 0.1) is 0 Å². The van der Waals surface area contributed by atoms with Crippen LogP contribution in [0.2, 0.25) is 0 Å². The van der Waals surface area contributed by atoms with Gasteiger partial charge in [0.1, 0.15) is 27.9 Å². The lowest BCUT2D eigenvalue weighted by atomic mass is 9.89. The van der Waals surface area contributed by atoms with Crippen molar-refractivity contribution in [2.45, 2.75) is 45.3 Å². The van der Waals surface area contributed by atoms with Gasteiger partial charge in [-0.3, -0.25) is 13.7 Å². The van der Waals surface area contributed by atoms with E-state index in [-0.39, 0.29) is 55.2 Å². The predicted octanol–water partition coefficient (Wildman–Crippen LogP) is 5.65. The van der Waals surface area contributed by atoms with Crippen molar-refractivity contribution in [3.63, 3.8) is 0 Å². The molecule has 0 heterocycles. The standard InChI is InChI=1S/C40H32O15S4/c41-37-25-13-27-19-35(57(47,48)49)21-29(38(27)42)15-31-11-24(23-7-3-1-4-8-23)12-32(40(31)55-59(53,54)33-9-5-2-6-10-33)16-30-22-36(58(50,51)52)20-28(39(30)43)14-26(37)18-34(17-25)56(44,45)46/h1-12,17-22,41-43H,13-16H2,(H,44,45,46)(H,47,48,49)(H,50,51,52). The molecule has 0 unspecified atom stereocenters. The van der Waals surface area contributed by atoms with Gasteiger partial charge in [0.15, 0.2) is 0 Å². The molecule has 0 radical (unpaired) electrons. The molecule has 0 amide bonds. The third-order valence-corrected chi connectivity index (χ3v) is 13.4. The minimum atomic E-state index is -5.03. The molecular formula is C40H32O15S4. The first-order chi connectivity index (χ1) is 27.6. The first kappa shape index (κ1) is 41.4. The minimum absolute atomic E-state index is 0.00541. The van der Waals surface area contributed by atoms with Gasteiger partial charge >= 0.3 is 10.1 Å². The van der Waals surface area contributed by atoms with Crippen molar-refractivity contribution in [1.82, 2.24) is 0 Å². The van der Waals surface area contributed by atoms with Crippen LogP contribution >= 0.6 is 0 Å². The van der Waals surface area contributed by atoms with E-state index in [1.807, 2.05) is 0 Å². The van der Waals surface area contributed by atoms with E-state index in [2.05, 4.69) is 0 Å². The summed E-state index contributed by atoms with van der Waals surface area (Å²) in [5.41, 5.74) is -0.609. The highest BCUT2D eigenvalue weighted by atomic mass is 32.2. The number of aromatic hydroxyl groups is 3. The van der Waals surface area contributed by atoms with Gasteiger partial charge in [-0.2, -0.15) is 33.7 Å². The molecule has 1 aliphatic rings. The van der Waals surface area contributed by atoms with Gasteiger partial charge in [-0.05, 0) is 71.8 Å². The van der Waals surface area contributed by atoms with Crippen molar-refractivity contribution in [2.24, 2.45) is 0 Å². The lowest BCUT2D eigenvalue weighted by molar-refractivity contribution is 0.452. The van der Waals surface area contributed by atoms with E-state index in [0.29, 0.717) is 11.1 Å². The number of fused-ring (bicyclic) bond motifs is 8. The average Bonchev–Trinajstić information content (AvgIpc) is 3.16. The van der Waals surface area contributed by atoms with E-state index >= 15 is 0 Å². The van der Waals surface area contributed by atoms with Crippen LogP contribution in [-0.4, -0.2) is 62.6 Å². The summed E-state index contributed by atoms with van der Waals surface area (Å²) in [6.07, 6.45) is -2.32. The van der Waals surface area contributed by atoms with Gasteiger partial charge in [0, 0.05) is 70.2 Å². The Hall–Kier alpha value is -5.80. The third kappa shape index (κ3) is 8.67. The molecule has 0 saturated carbocycles. The summed E-state index contributed by atoms with van der Waals surface area (Å²) in [6.45, 7) is 0. The molecule has 7 rings (SSSR count). The molecule has 0 aliphatic heterocycles. The predicted molar refractivity (Wildman–Crippen MR) is 211 cm³/mol. The molecule has 15 nitrogen and oxygen atoms in total. The zero-order chi connectivity index (χ0) is 42.7. The van der Waals surface area contributed by atoms with Crippen molar-refractivity contribution in [3.8, 4) is 34.1 Å². The van der Waals surface area contributed by atoms with Crippen molar-refractivity contribution in [3.05, 3.63) is 154 Å². The number of benzene rings is 6. The van der Waals surface area contributed by atoms with E-state index < -0.39 is 98.1 Å². The maximum atomic E-state index is 13.9. The number of rotatable bonds is 7. The van der Waals surface area contributed by atoms with Crippen LogP contribution in [0.25, 0.3) is 11.1 Å². The number of phenols is 3. The monoisotopic (exact) mass is 880 g/mol. The maximum Gasteiger partial charge on any atom is 0.339 e. The van der Waals surface area contributed by atoms with Crippen molar-refractivity contribution < 1.29 is 66.8 Å². The molecule has 306 valence electrons. The van der Waals surface area contributed by atoms with Gasteiger partial charge in [-0.25, -0.2) is 0 Å². The lowest BCUT2D eigenvalue weighted by Gasteiger charge is -2.21. The second kappa shape index (κ2) is 15.1. The fraction of sp³-hybridized carbons (Fsp3) is 0.100. The van der Waals surface area contributed by atoms with Crippen LogP contribution in [0.15, 0.2) is 129 Å². The Morgan fingerprint density at radius 3 is 1.00 bits per heavy atom. The summed E-state index contributed by atoms with van der Waals surface area (Å²) in [4.78, 5) is -2.51. The molecule has 0 saturated heterocycles. The van der Waals surface area contributed by atoms with Crippen molar-refractivity contribution in [1.29, 1.82) is 0 Å². The minimum Gasteiger partial charge on any atom is -0.507 e. The Balaban J connectivity index is 1.61. The van der Waals surface area contributed by atoms with Gasteiger partial charge in [0.05, 0.1) is 14.7 Å². The molecule has 1 aliphatic carbocycles. The van der Waals surface area contributed by atoms with Crippen molar-refractivity contribution >= 4 is 40.5 Å². The van der Waals surface area contributed by atoms with E-state index in [4.69, 9.17) is 4.18 Å². The van der Waals surface area contributed by atoms with Gasteiger partial charge in [0.2, 0.25) is 0 Å². The highest BCUT2D eigenvalue weighted by Crippen LogP contribution is 2.42. The number of hydrogen-bond acceptors (Lipinski definition) is 12. The number of phenolic OH excluding ortho intramolecular Hbond substituents is 3. The van der Waals surface area contributed by atoms with E-state index in [0.717, 1.165) is 36.4 Å². The molecule has 6 aromatic carbocycles. The van der Waals surface area contributed by atoms with Crippen LogP contribution in [0.4, 0.5) is 0 Å². The molecule has 6 N–H and O–H groups in total. The molecule has 59 heavy (non-hydrogen) atoms. The second-order valence-corrected chi connectivity index (χ2v) is 19.6. The Bertz CT molecular complexity index is 3000. The van der Waals surface area contributed by atoms with Crippen LogP contribution in [-0.2, 0) is 66.2 Å². The molecule has 8 bridgehead atoms.